The molecule has 1 aromatic rings. The second kappa shape index (κ2) is 5.50. The molecule has 0 aliphatic rings. The fraction of sp³-hybridized carbons (Fsp3) is 0.357. The van der Waals surface area contributed by atoms with Crippen molar-refractivity contribution in [1.82, 2.24) is 4.90 Å². The minimum Gasteiger partial charge on any atom is -0.313 e. The third-order valence-electron chi connectivity index (χ3n) is 2.81. The first-order valence-electron chi connectivity index (χ1n) is 5.51. The van der Waals surface area contributed by atoms with Crippen molar-refractivity contribution in [1.29, 1.82) is 0 Å². The van der Waals surface area contributed by atoms with Gasteiger partial charge in [-0.3, -0.25) is 4.79 Å². The molecule has 0 aromatic heterocycles. The van der Waals surface area contributed by atoms with Crippen molar-refractivity contribution in [3.05, 3.63) is 47.2 Å². The van der Waals surface area contributed by atoms with Crippen LogP contribution in [0.5, 0.6) is 0 Å². The monoisotopic (exact) mass is 217 g/mol. The van der Waals surface area contributed by atoms with Gasteiger partial charge >= 0.3 is 0 Å². The average molecular weight is 217 g/mol. The molecule has 2 nitrogen and oxygen atoms in total. The van der Waals surface area contributed by atoms with Gasteiger partial charge in [0.05, 0.1) is 6.54 Å². The van der Waals surface area contributed by atoms with Gasteiger partial charge in [0.1, 0.15) is 0 Å². The van der Waals surface area contributed by atoms with E-state index in [-0.39, 0.29) is 5.91 Å². The molecule has 0 radical (unpaired) electrons. The topological polar surface area (TPSA) is 20.3 Å². The number of allylic oxidation sites excluding steroid dienone is 2. The normalized spacial score (nSPS) is 11.4. The number of hydrogen-bond donors (Lipinski definition) is 0. The Kier molecular flexibility index (Phi) is 4.29. The van der Waals surface area contributed by atoms with Gasteiger partial charge in [-0.25, -0.2) is 0 Å². The zero-order chi connectivity index (χ0) is 12.1. The van der Waals surface area contributed by atoms with Crippen LogP contribution in [0.4, 0.5) is 0 Å². The third kappa shape index (κ3) is 2.96. The summed E-state index contributed by atoms with van der Waals surface area (Å²) in [6.45, 7) is 8.23. The van der Waals surface area contributed by atoms with E-state index in [1.807, 2.05) is 32.1 Å². The molecule has 0 N–H and O–H groups in total. The van der Waals surface area contributed by atoms with Crippen LogP contribution in [0.1, 0.15) is 31.9 Å². The van der Waals surface area contributed by atoms with Crippen molar-refractivity contribution in [2.75, 3.05) is 0 Å². The smallest absolute Gasteiger partial charge is 0.223 e. The van der Waals surface area contributed by atoms with Gasteiger partial charge in [-0.15, -0.1) is 0 Å². The van der Waals surface area contributed by atoms with Gasteiger partial charge in [-0.05, 0) is 31.9 Å². The molecule has 0 fully saturated rings. The quantitative estimate of drug-likeness (QED) is 0.761. The van der Waals surface area contributed by atoms with Crippen molar-refractivity contribution < 1.29 is 4.79 Å². The molecule has 0 aliphatic heterocycles. The second-order valence-corrected chi connectivity index (χ2v) is 3.96. The summed E-state index contributed by atoms with van der Waals surface area (Å²) in [5.41, 5.74) is 3.41. The Labute approximate surface area is 97.6 Å². The highest BCUT2D eigenvalue weighted by molar-refractivity contribution is 5.75. The van der Waals surface area contributed by atoms with Crippen molar-refractivity contribution in [2.45, 2.75) is 34.2 Å². The van der Waals surface area contributed by atoms with E-state index in [1.54, 1.807) is 11.8 Å². The fourth-order valence-electron chi connectivity index (χ4n) is 1.60. The SMILES string of the molecule is C/C=C(\C)N(Cc1ccccc1C)C(C)=O. The second-order valence-electron chi connectivity index (χ2n) is 3.96. The van der Waals surface area contributed by atoms with Gasteiger partial charge in [-0.1, -0.05) is 30.3 Å². The largest absolute Gasteiger partial charge is 0.313 e. The van der Waals surface area contributed by atoms with E-state index in [2.05, 4.69) is 19.1 Å². The molecule has 0 bridgehead atoms. The summed E-state index contributed by atoms with van der Waals surface area (Å²) >= 11 is 0. The summed E-state index contributed by atoms with van der Waals surface area (Å²) in [5.74, 6) is 0.0823. The molecular weight excluding hydrogens is 198 g/mol. The highest BCUT2D eigenvalue weighted by Crippen LogP contribution is 2.14. The standard InChI is InChI=1S/C14H19NO/c1-5-12(3)15(13(4)16)10-14-9-7-6-8-11(14)2/h5-9H,10H2,1-4H3/b12-5+. The lowest BCUT2D eigenvalue weighted by molar-refractivity contribution is -0.127. The summed E-state index contributed by atoms with van der Waals surface area (Å²) in [7, 11) is 0. The van der Waals surface area contributed by atoms with Gasteiger partial charge in [0.25, 0.3) is 0 Å². The lowest BCUT2D eigenvalue weighted by atomic mass is 10.1. The van der Waals surface area contributed by atoms with Crippen molar-refractivity contribution in [3.63, 3.8) is 0 Å². The zero-order valence-corrected chi connectivity index (χ0v) is 10.4. The molecule has 0 heterocycles. The van der Waals surface area contributed by atoms with Gasteiger partial charge in [0.15, 0.2) is 0 Å². The fourth-order valence-corrected chi connectivity index (χ4v) is 1.60. The van der Waals surface area contributed by atoms with E-state index < -0.39 is 0 Å². The molecule has 86 valence electrons. The third-order valence-corrected chi connectivity index (χ3v) is 2.81. The number of carbonyl (C=O) groups excluding carboxylic acids is 1. The molecule has 0 atom stereocenters. The highest BCUT2D eigenvalue weighted by atomic mass is 16.2. The molecule has 0 saturated heterocycles. The number of hydrogen-bond acceptors (Lipinski definition) is 1. The maximum absolute atomic E-state index is 11.5. The first kappa shape index (κ1) is 12.5. The zero-order valence-electron chi connectivity index (χ0n) is 10.4. The molecule has 0 saturated carbocycles. The predicted octanol–water partition coefficient (Wildman–Crippen LogP) is 3.27. The maximum atomic E-state index is 11.5. The Morgan fingerprint density at radius 2 is 1.94 bits per heavy atom. The summed E-state index contributed by atoms with van der Waals surface area (Å²) in [5, 5.41) is 0. The van der Waals surface area contributed by atoms with E-state index in [0.29, 0.717) is 6.54 Å². The molecule has 2 heteroatoms. The highest BCUT2D eigenvalue weighted by Gasteiger charge is 2.11. The number of amides is 1. The van der Waals surface area contributed by atoms with Crippen LogP contribution in [0.25, 0.3) is 0 Å². The molecule has 1 amide bonds. The van der Waals surface area contributed by atoms with Gasteiger partial charge in [0.2, 0.25) is 5.91 Å². The van der Waals surface area contributed by atoms with E-state index in [9.17, 15) is 4.79 Å². The molecular formula is C14H19NO. The Bertz CT molecular complexity index is 407. The minimum atomic E-state index is 0.0823. The molecule has 1 rings (SSSR count). The number of rotatable bonds is 3. The average Bonchev–Trinajstić information content (AvgIpc) is 2.26. The van der Waals surface area contributed by atoms with Crippen LogP contribution in [0, 0.1) is 6.92 Å². The van der Waals surface area contributed by atoms with Crippen LogP contribution in [0.2, 0.25) is 0 Å². The molecule has 0 spiro atoms. The van der Waals surface area contributed by atoms with Crippen molar-refractivity contribution in [2.24, 2.45) is 0 Å². The molecule has 16 heavy (non-hydrogen) atoms. The Hall–Kier alpha value is -1.57. The summed E-state index contributed by atoms with van der Waals surface area (Å²) < 4.78 is 0. The van der Waals surface area contributed by atoms with Gasteiger partial charge in [-0.2, -0.15) is 0 Å². The predicted molar refractivity (Wildman–Crippen MR) is 66.8 cm³/mol. The number of aryl methyl sites for hydroxylation is 1. The summed E-state index contributed by atoms with van der Waals surface area (Å²) in [6, 6.07) is 8.15. The van der Waals surface area contributed by atoms with Crippen LogP contribution >= 0.6 is 0 Å². The van der Waals surface area contributed by atoms with Crippen LogP contribution in [0.3, 0.4) is 0 Å². The first-order valence-corrected chi connectivity index (χ1v) is 5.51. The van der Waals surface area contributed by atoms with E-state index in [1.165, 1.54) is 11.1 Å². The van der Waals surface area contributed by atoms with E-state index in [4.69, 9.17) is 0 Å². The van der Waals surface area contributed by atoms with Gasteiger partial charge in [0, 0.05) is 12.6 Å². The minimum absolute atomic E-state index is 0.0823. The van der Waals surface area contributed by atoms with Crippen LogP contribution in [-0.2, 0) is 11.3 Å². The van der Waals surface area contributed by atoms with Crippen molar-refractivity contribution >= 4 is 5.91 Å². The lowest BCUT2D eigenvalue weighted by Crippen LogP contribution is -2.26. The Morgan fingerprint density at radius 3 is 2.44 bits per heavy atom. The lowest BCUT2D eigenvalue weighted by Gasteiger charge is -2.22. The van der Waals surface area contributed by atoms with Crippen LogP contribution < -0.4 is 0 Å². The van der Waals surface area contributed by atoms with Crippen LogP contribution in [-0.4, -0.2) is 10.8 Å². The van der Waals surface area contributed by atoms with E-state index in [0.717, 1.165) is 5.70 Å². The first-order chi connectivity index (χ1) is 7.56. The Morgan fingerprint density at radius 1 is 1.31 bits per heavy atom. The van der Waals surface area contributed by atoms with E-state index >= 15 is 0 Å². The summed E-state index contributed by atoms with van der Waals surface area (Å²) in [4.78, 5) is 13.3. The molecule has 0 aliphatic carbocycles. The number of nitrogens with zero attached hydrogens (tertiary/aromatic N) is 1. The summed E-state index contributed by atoms with van der Waals surface area (Å²) in [6.07, 6.45) is 1.96. The Balaban J connectivity index is 2.93. The van der Waals surface area contributed by atoms with Crippen molar-refractivity contribution in [3.8, 4) is 0 Å². The number of benzene rings is 1. The molecule has 0 unspecified atom stereocenters. The number of carbonyl (C=O) groups is 1. The molecule has 1 aromatic carbocycles. The van der Waals surface area contributed by atoms with Gasteiger partial charge < -0.3 is 4.90 Å². The van der Waals surface area contributed by atoms with Crippen LogP contribution in [0.15, 0.2) is 36.0 Å². The maximum Gasteiger partial charge on any atom is 0.223 e.